The van der Waals surface area contributed by atoms with Crippen LogP contribution in [0.5, 0.6) is 0 Å². The van der Waals surface area contributed by atoms with Crippen LogP contribution in [0.1, 0.15) is 31.0 Å². The van der Waals surface area contributed by atoms with Gasteiger partial charge in [-0.15, -0.1) is 0 Å². The zero-order valence-corrected chi connectivity index (χ0v) is 12.7. The molecule has 0 aliphatic heterocycles. The summed E-state index contributed by atoms with van der Waals surface area (Å²) in [6, 6.07) is 16.6. The largest absolute Gasteiger partial charge is 0.398 e. The number of aromatic nitrogens is 1. The van der Waals surface area contributed by atoms with E-state index in [4.69, 9.17) is 10.7 Å². The molecular weight excluding hydrogens is 256 g/mol. The van der Waals surface area contributed by atoms with Crippen LogP contribution in [0.15, 0.2) is 48.5 Å². The third-order valence-electron chi connectivity index (χ3n) is 3.95. The molecule has 0 amide bonds. The fourth-order valence-corrected chi connectivity index (χ4v) is 3.03. The van der Waals surface area contributed by atoms with Gasteiger partial charge in [0.05, 0.1) is 5.52 Å². The first-order chi connectivity index (χ1) is 10.1. The Labute approximate surface area is 125 Å². The summed E-state index contributed by atoms with van der Waals surface area (Å²) < 4.78 is 0. The first kappa shape index (κ1) is 13.6. The second-order valence-corrected chi connectivity index (χ2v) is 5.75. The Morgan fingerprint density at radius 3 is 2.33 bits per heavy atom. The van der Waals surface area contributed by atoms with E-state index < -0.39 is 0 Å². The van der Waals surface area contributed by atoms with E-state index in [2.05, 4.69) is 44.2 Å². The molecule has 0 aliphatic rings. The van der Waals surface area contributed by atoms with Crippen molar-refractivity contribution in [3.63, 3.8) is 0 Å². The van der Waals surface area contributed by atoms with Crippen molar-refractivity contribution >= 4 is 16.6 Å². The molecule has 0 fully saturated rings. The number of anilines is 1. The van der Waals surface area contributed by atoms with E-state index in [1.54, 1.807) is 0 Å². The lowest BCUT2D eigenvalue weighted by atomic mass is 9.94. The Bertz CT molecular complexity index is 790. The number of para-hydroxylation sites is 1. The van der Waals surface area contributed by atoms with Gasteiger partial charge in [-0.05, 0) is 24.0 Å². The number of pyridine rings is 1. The predicted molar refractivity (Wildman–Crippen MR) is 90.4 cm³/mol. The van der Waals surface area contributed by atoms with Gasteiger partial charge in [0.1, 0.15) is 0 Å². The maximum absolute atomic E-state index is 6.43. The number of benzene rings is 2. The predicted octanol–water partition coefficient (Wildman–Crippen LogP) is 4.92. The molecule has 0 unspecified atom stereocenters. The second kappa shape index (κ2) is 5.21. The summed E-state index contributed by atoms with van der Waals surface area (Å²) in [6.07, 6.45) is 0. The molecule has 1 heterocycles. The molecule has 0 saturated heterocycles. The van der Waals surface area contributed by atoms with Crippen molar-refractivity contribution in [2.24, 2.45) is 0 Å². The van der Waals surface area contributed by atoms with Gasteiger partial charge in [0.25, 0.3) is 0 Å². The van der Waals surface area contributed by atoms with Gasteiger partial charge < -0.3 is 5.73 Å². The second-order valence-electron chi connectivity index (χ2n) is 5.75. The molecule has 3 aromatic rings. The van der Waals surface area contributed by atoms with E-state index in [0.29, 0.717) is 5.92 Å². The quantitative estimate of drug-likeness (QED) is 0.721. The third kappa shape index (κ3) is 2.27. The lowest BCUT2D eigenvalue weighted by Crippen LogP contribution is -2.03. The fraction of sp³-hybridized carbons (Fsp3) is 0.211. The molecule has 2 heteroatoms. The lowest BCUT2D eigenvalue weighted by molar-refractivity contribution is 0.851. The van der Waals surface area contributed by atoms with E-state index in [0.717, 1.165) is 33.4 Å². The van der Waals surface area contributed by atoms with Crippen molar-refractivity contribution in [1.82, 2.24) is 4.98 Å². The summed E-state index contributed by atoms with van der Waals surface area (Å²) >= 11 is 0. The van der Waals surface area contributed by atoms with E-state index >= 15 is 0 Å². The number of aryl methyl sites for hydroxylation is 1. The summed E-state index contributed by atoms with van der Waals surface area (Å²) in [5.41, 5.74) is 12.8. The highest BCUT2D eigenvalue weighted by molar-refractivity contribution is 6.01. The molecule has 3 rings (SSSR count). The van der Waals surface area contributed by atoms with E-state index in [1.165, 1.54) is 5.56 Å². The van der Waals surface area contributed by atoms with Crippen molar-refractivity contribution in [3.8, 4) is 11.1 Å². The Balaban J connectivity index is 2.36. The van der Waals surface area contributed by atoms with Crippen LogP contribution >= 0.6 is 0 Å². The summed E-state index contributed by atoms with van der Waals surface area (Å²) in [5, 5.41) is 1.05. The van der Waals surface area contributed by atoms with Gasteiger partial charge in [0, 0.05) is 22.3 Å². The van der Waals surface area contributed by atoms with E-state index in [1.807, 2.05) is 25.1 Å². The topological polar surface area (TPSA) is 38.9 Å². The van der Waals surface area contributed by atoms with Crippen LogP contribution in [-0.4, -0.2) is 4.98 Å². The van der Waals surface area contributed by atoms with E-state index in [9.17, 15) is 0 Å². The van der Waals surface area contributed by atoms with Crippen LogP contribution in [0.3, 0.4) is 0 Å². The average Bonchev–Trinajstić information content (AvgIpc) is 2.47. The number of hydrogen-bond acceptors (Lipinski definition) is 2. The first-order valence-corrected chi connectivity index (χ1v) is 7.33. The highest BCUT2D eigenvalue weighted by Gasteiger charge is 2.15. The highest BCUT2D eigenvalue weighted by Crippen LogP contribution is 2.35. The Hall–Kier alpha value is -2.35. The third-order valence-corrected chi connectivity index (χ3v) is 3.95. The monoisotopic (exact) mass is 276 g/mol. The standard InChI is InChI=1S/C19H20N2/c1-12(2)17-13(3)21-19-15(14-8-5-4-6-9-14)10-7-11-16(19)18(17)20/h4-12H,1-3H3,(H2,20,21). The molecular formula is C19H20N2. The van der Waals surface area contributed by atoms with Crippen LogP contribution in [0.2, 0.25) is 0 Å². The molecule has 21 heavy (non-hydrogen) atoms. The molecule has 0 aliphatic carbocycles. The Kier molecular flexibility index (Phi) is 3.38. The molecule has 0 spiro atoms. The summed E-state index contributed by atoms with van der Waals surface area (Å²) in [6.45, 7) is 6.37. The maximum atomic E-state index is 6.43. The van der Waals surface area contributed by atoms with Gasteiger partial charge in [0.2, 0.25) is 0 Å². The zero-order chi connectivity index (χ0) is 15.0. The Morgan fingerprint density at radius 1 is 0.952 bits per heavy atom. The lowest BCUT2D eigenvalue weighted by Gasteiger charge is -2.16. The molecule has 0 radical (unpaired) electrons. The smallest absolute Gasteiger partial charge is 0.0804 e. The minimum atomic E-state index is 0.377. The van der Waals surface area contributed by atoms with Crippen molar-refractivity contribution in [2.45, 2.75) is 26.7 Å². The summed E-state index contributed by atoms with van der Waals surface area (Å²) in [7, 11) is 0. The van der Waals surface area contributed by atoms with Crippen molar-refractivity contribution in [3.05, 3.63) is 59.8 Å². The molecule has 2 aromatic carbocycles. The minimum Gasteiger partial charge on any atom is -0.398 e. The minimum absolute atomic E-state index is 0.377. The number of nitrogen functional groups attached to an aromatic ring is 1. The number of rotatable bonds is 2. The molecule has 106 valence electrons. The number of nitrogens with zero attached hydrogens (tertiary/aromatic N) is 1. The maximum Gasteiger partial charge on any atom is 0.0804 e. The first-order valence-electron chi connectivity index (χ1n) is 7.33. The molecule has 0 bridgehead atoms. The number of fused-ring (bicyclic) bond motifs is 1. The van der Waals surface area contributed by atoms with Crippen LogP contribution in [0, 0.1) is 6.92 Å². The van der Waals surface area contributed by atoms with Crippen LogP contribution in [0.25, 0.3) is 22.0 Å². The van der Waals surface area contributed by atoms with Gasteiger partial charge >= 0.3 is 0 Å². The molecule has 0 saturated carbocycles. The Morgan fingerprint density at radius 2 is 1.67 bits per heavy atom. The summed E-state index contributed by atoms with van der Waals surface area (Å²) in [4.78, 5) is 4.85. The molecule has 2 N–H and O–H groups in total. The summed E-state index contributed by atoms with van der Waals surface area (Å²) in [5.74, 6) is 0.377. The fourth-order valence-electron chi connectivity index (χ4n) is 3.03. The van der Waals surface area contributed by atoms with Crippen molar-refractivity contribution in [2.75, 3.05) is 5.73 Å². The SMILES string of the molecule is Cc1nc2c(-c3ccccc3)cccc2c(N)c1C(C)C. The van der Waals surface area contributed by atoms with Gasteiger partial charge in [-0.3, -0.25) is 4.98 Å². The van der Waals surface area contributed by atoms with Gasteiger partial charge in [-0.25, -0.2) is 0 Å². The number of hydrogen-bond donors (Lipinski definition) is 1. The van der Waals surface area contributed by atoms with Crippen LogP contribution in [0.4, 0.5) is 5.69 Å². The van der Waals surface area contributed by atoms with E-state index in [-0.39, 0.29) is 0 Å². The van der Waals surface area contributed by atoms with Crippen LogP contribution in [-0.2, 0) is 0 Å². The highest BCUT2D eigenvalue weighted by atomic mass is 14.7. The average molecular weight is 276 g/mol. The van der Waals surface area contributed by atoms with Gasteiger partial charge in [-0.2, -0.15) is 0 Å². The normalized spacial score (nSPS) is 11.2. The number of nitrogens with two attached hydrogens (primary N) is 1. The molecule has 1 aromatic heterocycles. The van der Waals surface area contributed by atoms with Gasteiger partial charge in [-0.1, -0.05) is 62.4 Å². The van der Waals surface area contributed by atoms with Gasteiger partial charge in [0.15, 0.2) is 0 Å². The molecule has 2 nitrogen and oxygen atoms in total. The van der Waals surface area contributed by atoms with Crippen molar-refractivity contribution < 1.29 is 0 Å². The zero-order valence-electron chi connectivity index (χ0n) is 12.7. The van der Waals surface area contributed by atoms with Crippen LogP contribution < -0.4 is 5.73 Å². The van der Waals surface area contributed by atoms with Crippen molar-refractivity contribution in [1.29, 1.82) is 0 Å². The molecule has 0 atom stereocenters.